The minimum Gasteiger partial charge on any atom is -0.0724 e. The molecule has 1 aliphatic carbocycles. The molecule has 1 unspecified atom stereocenters. The molecule has 0 spiro atoms. The van der Waals surface area contributed by atoms with Crippen LogP contribution in [0.15, 0.2) is 0 Å². The van der Waals surface area contributed by atoms with Crippen molar-refractivity contribution >= 4 is 31.9 Å². The fraction of sp³-hybridized carbons (Fsp3) is 1.00. The summed E-state index contributed by atoms with van der Waals surface area (Å²) in [5.74, 6) is 0.902. The molecule has 0 aromatic carbocycles. The van der Waals surface area contributed by atoms with Gasteiger partial charge in [-0.3, -0.25) is 0 Å². The standard InChI is InChI=1S/C8H14Br2/c1-2-3-4-5-7-6-8(7,9)10/h7H,2-6H2,1H3. The van der Waals surface area contributed by atoms with Gasteiger partial charge in [0.1, 0.15) is 0 Å². The zero-order chi connectivity index (χ0) is 7.61. The third-order valence-corrected chi connectivity index (χ3v) is 4.05. The second-order valence-electron chi connectivity index (χ2n) is 3.16. The van der Waals surface area contributed by atoms with Gasteiger partial charge in [-0.2, -0.15) is 0 Å². The van der Waals surface area contributed by atoms with E-state index in [-0.39, 0.29) is 0 Å². The lowest BCUT2D eigenvalue weighted by atomic mass is 10.1. The Morgan fingerprint density at radius 2 is 2.00 bits per heavy atom. The highest BCUT2D eigenvalue weighted by Gasteiger charge is 2.49. The van der Waals surface area contributed by atoms with Crippen LogP contribution in [0.25, 0.3) is 0 Å². The molecule has 1 fully saturated rings. The van der Waals surface area contributed by atoms with Crippen LogP contribution in [-0.2, 0) is 0 Å². The summed E-state index contributed by atoms with van der Waals surface area (Å²) in [6.45, 7) is 2.25. The summed E-state index contributed by atoms with van der Waals surface area (Å²) in [5.41, 5.74) is 0. The Labute approximate surface area is 80.0 Å². The zero-order valence-electron chi connectivity index (χ0n) is 6.37. The largest absolute Gasteiger partial charge is 0.0837 e. The molecule has 1 aliphatic rings. The van der Waals surface area contributed by atoms with Crippen molar-refractivity contribution < 1.29 is 0 Å². The smallest absolute Gasteiger partial charge is 0.0724 e. The van der Waals surface area contributed by atoms with Crippen LogP contribution in [0.5, 0.6) is 0 Å². The predicted octanol–water partition coefficient (Wildman–Crippen LogP) is 4.07. The summed E-state index contributed by atoms with van der Waals surface area (Å²) in [5, 5.41) is 0. The molecule has 0 radical (unpaired) electrons. The van der Waals surface area contributed by atoms with E-state index in [2.05, 4.69) is 38.8 Å². The van der Waals surface area contributed by atoms with Gasteiger partial charge in [-0.15, -0.1) is 0 Å². The zero-order valence-corrected chi connectivity index (χ0v) is 9.54. The van der Waals surface area contributed by atoms with E-state index in [9.17, 15) is 0 Å². The number of alkyl halides is 2. The summed E-state index contributed by atoms with van der Waals surface area (Å²) in [6, 6.07) is 0. The Balaban J connectivity index is 1.97. The van der Waals surface area contributed by atoms with Crippen molar-refractivity contribution in [1.29, 1.82) is 0 Å². The number of unbranched alkanes of at least 4 members (excludes halogenated alkanes) is 2. The number of rotatable bonds is 4. The minimum atomic E-state index is 0.341. The second kappa shape index (κ2) is 3.57. The summed E-state index contributed by atoms with van der Waals surface area (Å²) in [6.07, 6.45) is 6.85. The van der Waals surface area contributed by atoms with Crippen LogP contribution in [0.3, 0.4) is 0 Å². The topological polar surface area (TPSA) is 0 Å². The van der Waals surface area contributed by atoms with Gasteiger partial charge in [0.15, 0.2) is 0 Å². The van der Waals surface area contributed by atoms with E-state index in [1.54, 1.807) is 0 Å². The van der Waals surface area contributed by atoms with E-state index in [0.29, 0.717) is 3.23 Å². The van der Waals surface area contributed by atoms with Gasteiger partial charge >= 0.3 is 0 Å². The van der Waals surface area contributed by atoms with Crippen molar-refractivity contribution in [3.63, 3.8) is 0 Å². The van der Waals surface area contributed by atoms with Gasteiger partial charge in [-0.25, -0.2) is 0 Å². The molecule has 0 aromatic heterocycles. The van der Waals surface area contributed by atoms with Crippen LogP contribution in [0.4, 0.5) is 0 Å². The molecule has 1 atom stereocenters. The number of hydrogen-bond acceptors (Lipinski definition) is 0. The second-order valence-corrected chi connectivity index (χ2v) is 7.05. The van der Waals surface area contributed by atoms with Gasteiger partial charge in [0.2, 0.25) is 0 Å². The molecule has 0 nitrogen and oxygen atoms in total. The Hall–Kier alpha value is 0.960. The fourth-order valence-electron chi connectivity index (χ4n) is 1.22. The first-order valence-corrected chi connectivity index (χ1v) is 5.63. The molecule has 0 heterocycles. The molecular weight excluding hydrogens is 256 g/mol. The Kier molecular flexibility index (Phi) is 3.23. The average Bonchev–Trinajstić information content (AvgIpc) is 2.41. The minimum absolute atomic E-state index is 0.341. The van der Waals surface area contributed by atoms with Crippen molar-refractivity contribution in [2.24, 2.45) is 5.92 Å². The average molecular weight is 270 g/mol. The normalized spacial score (nSPS) is 28.5. The van der Waals surface area contributed by atoms with Crippen LogP contribution in [0.1, 0.15) is 39.0 Å². The van der Waals surface area contributed by atoms with E-state index < -0.39 is 0 Å². The molecule has 0 N–H and O–H groups in total. The molecule has 60 valence electrons. The number of halogens is 2. The molecule has 0 saturated heterocycles. The first-order valence-electron chi connectivity index (χ1n) is 4.04. The lowest BCUT2D eigenvalue weighted by Crippen LogP contribution is -1.88. The molecule has 0 amide bonds. The van der Waals surface area contributed by atoms with Gasteiger partial charge in [0.25, 0.3) is 0 Å². The molecule has 0 bridgehead atoms. The van der Waals surface area contributed by atoms with Gasteiger partial charge in [-0.1, -0.05) is 58.0 Å². The van der Waals surface area contributed by atoms with Crippen molar-refractivity contribution in [3.05, 3.63) is 0 Å². The molecule has 1 saturated carbocycles. The van der Waals surface area contributed by atoms with Gasteiger partial charge in [0.05, 0.1) is 3.23 Å². The third kappa shape index (κ3) is 2.54. The molecule has 1 rings (SSSR count). The highest BCUT2D eigenvalue weighted by molar-refractivity contribution is 9.25. The predicted molar refractivity (Wildman–Crippen MR) is 52.8 cm³/mol. The van der Waals surface area contributed by atoms with Crippen molar-refractivity contribution in [1.82, 2.24) is 0 Å². The van der Waals surface area contributed by atoms with Crippen LogP contribution in [0.2, 0.25) is 0 Å². The van der Waals surface area contributed by atoms with E-state index in [0.717, 1.165) is 5.92 Å². The van der Waals surface area contributed by atoms with Crippen LogP contribution >= 0.6 is 31.9 Å². The van der Waals surface area contributed by atoms with E-state index in [1.807, 2.05) is 0 Å². The van der Waals surface area contributed by atoms with Crippen LogP contribution in [0, 0.1) is 5.92 Å². The summed E-state index contributed by atoms with van der Waals surface area (Å²) in [4.78, 5) is 0. The van der Waals surface area contributed by atoms with Gasteiger partial charge in [-0.05, 0) is 18.8 Å². The Bertz CT molecular complexity index is 110. The maximum atomic E-state index is 3.62. The summed E-state index contributed by atoms with van der Waals surface area (Å²) < 4.78 is 0.341. The highest BCUT2D eigenvalue weighted by Crippen LogP contribution is 2.58. The number of hydrogen-bond donors (Lipinski definition) is 0. The van der Waals surface area contributed by atoms with E-state index in [4.69, 9.17) is 0 Å². The third-order valence-electron chi connectivity index (χ3n) is 2.11. The van der Waals surface area contributed by atoms with E-state index >= 15 is 0 Å². The van der Waals surface area contributed by atoms with Gasteiger partial charge in [0, 0.05) is 0 Å². The Morgan fingerprint density at radius 1 is 1.40 bits per heavy atom. The van der Waals surface area contributed by atoms with Crippen molar-refractivity contribution in [3.8, 4) is 0 Å². The monoisotopic (exact) mass is 268 g/mol. The quantitative estimate of drug-likeness (QED) is 0.533. The fourth-order valence-corrected chi connectivity index (χ4v) is 2.46. The van der Waals surface area contributed by atoms with Crippen LogP contribution in [-0.4, -0.2) is 3.23 Å². The molecular formula is C8H14Br2. The van der Waals surface area contributed by atoms with Crippen LogP contribution < -0.4 is 0 Å². The maximum absolute atomic E-state index is 3.62. The highest BCUT2D eigenvalue weighted by atomic mass is 79.9. The lowest BCUT2D eigenvalue weighted by Gasteiger charge is -1.98. The van der Waals surface area contributed by atoms with E-state index in [1.165, 1.54) is 32.1 Å². The molecule has 10 heavy (non-hydrogen) atoms. The first-order chi connectivity index (χ1) is 4.67. The maximum Gasteiger partial charge on any atom is 0.0837 e. The SMILES string of the molecule is CCCCCC1CC1(Br)Br. The van der Waals surface area contributed by atoms with Gasteiger partial charge < -0.3 is 0 Å². The van der Waals surface area contributed by atoms with Crippen molar-refractivity contribution in [2.45, 2.75) is 42.3 Å². The summed E-state index contributed by atoms with van der Waals surface area (Å²) >= 11 is 7.24. The molecule has 0 aliphatic heterocycles. The Morgan fingerprint density at radius 3 is 2.40 bits per heavy atom. The molecule has 0 aromatic rings. The van der Waals surface area contributed by atoms with Crippen molar-refractivity contribution in [2.75, 3.05) is 0 Å². The lowest BCUT2D eigenvalue weighted by molar-refractivity contribution is 0.620. The summed E-state index contributed by atoms with van der Waals surface area (Å²) in [7, 11) is 0. The molecule has 2 heteroatoms. The first kappa shape index (κ1) is 9.05.